The highest BCUT2D eigenvalue weighted by molar-refractivity contribution is 5.76. The molecule has 3 N–H and O–H groups in total. The number of carboxylic acid groups (broad SMARTS) is 1. The minimum absolute atomic E-state index is 0.0707. The van der Waals surface area contributed by atoms with Crippen LogP contribution in [0.5, 0.6) is 0 Å². The number of nitrogens with zero attached hydrogens (tertiary/aromatic N) is 2. The fraction of sp³-hybridized carbons (Fsp3) is 0.615. The zero-order chi connectivity index (χ0) is 14.5. The number of aryl methyl sites for hydroxylation is 1. The Morgan fingerprint density at radius 3 is 2.95 bits per heavy atom. The summed E-state index contributed by atoms with van der Waals surface area (Å²) in [5.41, 5.74) is 0. The number of nitrogens with one attached hydrogen (secondary N) is 2. The Balaban J connectivity index is 1.59. The minimum Gasteiger partial charge on any atom is -0.481 e. The SMILES string of the molecule is CC(C(=O)O)C1CN(C(=O)NCCCc2ncc[nH]2)C1. The van der Waals surface area contributed by atoms with Crippen LogP contribution in [0.4, 0.5) is 4.79 Å². The van der Waals surface area contributed by atoms with Crippen LogP contribution in [0.3, 0.4) is 0 Å². The van der Waals surface area contributed by atoms with E-state index in [1.54, 1.807) is 24.2 Å². The number of amides is 2. The van der Waals surface area contributed by atoms with Gasteiger partial charge in [0.25, 0.3) is 0 Å². The second-order valence-electron chi connectivity index (χ2n) is 5.16. The zero-order valence-electron chi connectivity index (χ0n) is 11.5. The summed E-state index contributed by atoms with van der Waals surface area (Å²) in [4.78, 5) is 31.3. The molecule has 1 aromatic heterocycles. The second kappa shape index (κ2) is 6.40. The summed E-state index contributed by atoms with van der Waals surface area (Å²) in [7, 11) is 0. The van der Waals surface area contributed by atoms with E-state index in [1.165, 1.54) is 0 Å². The first-order chi connectivity index (χ1) is 9.58. The first kappa shape index (κ1) is 14.4. The number of aliphatic carboxylic acids is 1. The number of hydrogen-bond donors (Lipinski definition) is 3. The number of hydrogen-bond acceptors (Lipinski definition) is 3. The molecule has 1 aliphatic rings. The molecule has 0 saturated carbocycles. The van der Waals surface area contributed by atoms with Gasteiger partial charge in [0.1, 0.15) is 5.82 Å². The molecule has 2 rings (SSSR count). The molecule has 20 heavy (non-hydrogen) atoms. The summed E-state index contributed by atoms with van der Waals surface area (Å²) in [5.74, 6) is -0.202. The van der Waals surface area contributed by atoms with Gasteiger partial charge in [-0.05, 0) is 6.42 Å². The molecule has 0 aromatic carbocycles. The monoisotopic (exact) mass is 280 g/mol. The van der Waals surface area contributed by atoms with Crippen molar-refractivity contribution in [2.75, 3.05) is 19.6 Å². The van der Waals surface area contributed by atoms with E-state index in [4.69, 9.17) is 5.11 Å². The summed E-state index contributed by atoms with van der Waals surface area (Å²) in [6.07, 6.45) is 5.10. The van der Waals surface area contributed by atoms with Gasteiger partial charge in [0, 0.05) is 44.4 Å². The predicted molar refractivity (Wildman–Crippen MR) is 72.2 cm³/mol. The van der Waals surface area contributed by atoms with E-state index in [0.29, 0.717) is 19.6 Å². The molecule has 1 aromatic rings. The molecule has 0 spiro atoms. The molecular weight excluding hydrogens is 260 g/mol. The quantitative estimate of drug-likeness (QED) is 0.668. The third kappa shape index (κ3) is 3.49. The third-order valence-electron chi connectivity index (χ3n) is 3.72. The Morgan fingerprint density at radius 1 is 1.60 bits per heavy atom. The van der Waals surface area contributed by atoms with Gasteiger partial charge in [-0.1, -0.05) is 6.92 Å². The van der Waals surface area contributed by atoms with Gasteiger partial charge in [-0.25, -0.2) is 9.78 Å². The first-order valence-corrected chi connectivity index (χ1v) is 6.81. The van der Waals surface area contributed by atoms with Crippen LogP contribution in [0.1, 0.15) is 19.2 Å². The van der Waals surface area contributed by atoms with E-state index in [0.717, 1.165) is 18.7 Å². The Bertz CT molecular complexity index is 454. The molecule has 1 atom stereocenters. The molecule has 7 nitrogen and oxygen atoms in total. The molecule has 110 valence electrons. The minimum atomic E-state index is -0.798. The fourth-order valence-corrected chi connectivity index (χ4v) is 2.19. The van der Waals surface area contributed by atoms with Gasteiger partial charge in [0.05, 0.1) is 5.92 Å². The number of imidazole rings is 1. The van der Waals surface area contributed by atoms with Crippen molar-refractivity contribution in [1.29, 1.82) is 0 Å². The van der Waals surface area contributed by atoms with E-state index in [2.05, 4.69) is 15.3 Å². The Labute approximate surface area is 117 Å². The van der Waals surface area contributed by atoms with Gasteiger partial charge in [0.15, 0.2) is 0 Å². The Kier molecular flexibility index (Phi) is 4.60. The van der Waals surface area contributed by atoms with Crippen LogP contribution in [-0.4, -0.2) is 51.6 Å². The lowest BCUT2D eigenvalue weighted by Gasteiger charge is -2.41. The smallest absolute Gasteiger partial charge is 0.317 e. The molecule has 0 aliphatic carbocycles. The van der Waals surface area contributed by atoms with Crippen LogP contribution in [0.15, 0.2) is 12.4 Å². The topological polar surface area (TPSA) is 98.3 Å². The largest absolute Gasteiger partial charge is 0.481 e. The third-order valence-corrected chi connectivity index (χ3v) is 3.72. The molecule has 0 radical (unpaired) electrons. The van der Waals surface area contributed by atoms with Crippen molar-refractivity contribution >= 4 is 12.0 Å². The molecule has 1 aliphatic heterocycles. The number of aromatic nitrogens is 2. The highest BCUT2D eigenvalue weighted by Gasteiger charge is 2.36. The number of aromatic amines is 1. The number of carboxylic acids is 1. The number of likely N-dealkylation sites (tertiary alicyclic amines) is 1. The normalized spacial score (nSPS) is 16.6. The van der Waals surface area contributed by atoms with E-state index in [9.17, 15) is 9.59 Å². The van der Waals surface area contributed by atoms with Crippen molar-refractivity contribution in [1.82, 2.24) is 20.2 Å². The highest BCUT2D eigenvalue weighted by atomic mass is 16.4. The molecule has 1 fully saturated rings. The summed E-state index contributed by atoms with van der Waals surface area (Å²) in [5, 5.41) is 11.7. The lowest BCUT2D eigenvalue weighted by Crippen LogP contribution is -2.56. The molecule has 1 saturated heterocycles. The maximum Gasteiger partial charge on any atom is 0.317 e. The fourth-order valence-electron chi connectivity index (χ4n) is 2.19. The van der Waals surface area contributed by atoms with E-state index in [-0.39, 0.29) is 11.9 Å². The standard InChI is InChI=1S/C13H20N4O3/c1-9(12(18)19)10-7-17(8-10)13(20)16-4-2-3-11-14-5-6-15-11/h5-6,9-10H,2-4,7-8H2,1H3,(H,14,15)(H,16,20)(H,18,19). The average molecular weight is 280 g/mol. The number of H-pyrrole nitrogens is 1. The Morgan fingerprint density at radius 2 is 2.35 bits per heavy atom. The van der Waals surface area contributed by atoms with Crippen LogP contribution in [0.2, 0.25) is 0 Å². The van der Waals surface area contributed by atoms with Crippen molar-refractivity contribution in [2.24, 2.45) is 11.8 Å². The van der Waals surface area contributed by atoms with Crippen molar-refractivity contribution in [3.8, 4) is 0 Å². The second-order valence-corrected chi connectivity index (χ2v) is 5.16. The molecule has 7 heteroatoms. The van der Waals surface area contributed by atoms with Crippen molar-refractivity contribution in [3.05, 3.63) is 18.2 Å². The van der Waals surface area contributed by atoms with Gasteiger partial charge in [-0.2, -0.15) is 0 Å². The highest BCUT2D eigenvalue weighted by Crippen LogP contribution is 2.23. The summed E-state index contributed by atoms with van der Waals surface area (Å²) in [6.45, 7) is 3.33. The van der Waals surface area contributed by atoms with Gasteiger partial charge in [0.2, 0.25) is 0 Å². The number of rotatable bonds is 6. The maximum atomic E-state index is 11.8. The Hall–Kier alpha value is -2.05. The van der Waals surface area contributed by atoms with Crippen LogP contribution in [0, 0.1) is 11.8 Å². The van der Waals surface area contributed by atoms with E-state index in [1.807, 2.05) is 0 Å². The van der Waals surface area contributed by atoms with Gasteiger partial charge < -0.3 is 20.3 Å². The van der Waals surface area contributed by atoms with Crippen LogP contribution < -0.4 is 5.32 Å². The van der Waals surface area contributed by atoms with Crippen molar-refractivity contribution in [2.45, 2.75) is 19.8 Å². The zero-order valence-corrected chi connectivity index (χ0v) is 11.5. The summed E-state index contributed by atoms with van der Waals surface area (Å²) >= 11 is 0. The van der Waals surface area contributed by atoms with E-state index >= 15 is 0 Å². The van der Waals surface area contributed by atoms with Crippen molar-refractivity contribution in [3.63, 3.8) is 0 Å². The average Bonchev–Trinajstić information content (AvgIpc) is 2.85. The molecular formula is C13H20N4O3. The molecule has 1 unspecified atom stereocenters. The maximum absolute atomic E-state index is 11.8. The summed E-state index contributed by atoms with van der Waals surface area (Å²) in [6, 6.07) is -0.113. The molecule has 2 amide bonds. The lowest BCUT2D eigenvalue weighted by molar-refractivity contribution is -0.144. The number of carbonyl (C=O) groups is 2. The lowest BCUT2D eigenvalue weighted by atomic mass is 9.87. The molecule has 2 heterocycles. The van der Waals surface area contributed by atoms with Crippen LogP contribution >= 0.6 is 0 Å². The first-order valence-electron chi connectivity index (χ1n) is 6.81. The van der Waals surface area contributed by atoms with E-state index < -0.39 is 11.9 Å². The van der Waals surface area contributed by atoms with Gasteiger partial charge in [-0.15, -0.1) is 0 Å². The molecule has 0 bridgehead atoms. The van der Waals surface area contributed by atoms with Crippen LogP contribution in [-0.2, 0) is 11.2 Å². The van der Waals surface area contributed by atoms with Gasteiger partial charge >= 0.3 is 12.0 Å². The van der Waals surface area contributed by atoms with Gasteiger partial charge in [-0.3, -0.25) is 4.79 Å². The van der Waals surface area contributed by atoms with Crippen LogP contribution in [0.25, 0.3) is 0 Å². The van der Waals surface area contributed by atoms with Crippen molar-refractivity contribution < 1.29 is 14.7 Å². The number of urea groups is 1. The summed E-state index contributed by atoms with van der Waals surface area (Å²) < 4.78 is 0. The number of carbonyl (C=O) groups excluding carboxylic acids is 1. The predicted octanol–water partition coefficient (Wildman–Crippen LogP) is 0.704.